The van der Waals surface area contributed by atoms with Crippen LogP contribution in [-0.4, -0.2) is 29.9 Å². The molecule has 170 valence electrons. The number of carbonyl (C=O) groups excluding carboxylic acids is 2. The standard InChI is InChI=1S/C25H22F2N2O4/c1-15(30)28-18-5-3-4-16(12-18)14-29-23(17-6-11-21(26)22(27)13-17)24(25(29)31)33-20-9-7-19(32-2)8-10-20/h3-13,23-24H,14H2,1-2H3,(H,28,30). The van der Waals surface area contributed by atoms with E-state index in [-0.39, 0.29) is 18.4 Å². The van der Waals surface area contributed by atoms with Gasteiger partial charge in [0.15, 0.2) is 11.6 Å². The number of β-lactam (4-membered cyclic amide) rings is 1. The molecule has 2 amide bonds. The normalized spacial score (nSPS) is 17.3. The Balaban J connectivity index is 1.61. The van der Waals surface area contributed by atoms with Gasteiger partial charge in [-0.15, -0.1) is 0 Å². The van der Waals surface area contributed by atoms with Crippen molar-refractivity contribution in [2.75, 3.05) is 12.4 Å². The van der Waals surface area contributed by atoms with E-state index in [2.05, 4.69) is 5.32 Å². The molecule has 0 spiro atoms. The highest BCUT2D eigenvalue weighted by Gasteiger charge is 2.50. The number of carbonyl (C=O) groups is 2. The SMILES string of the molecule is COc1ccc(OC2C(=O)N(Cc3cccc(NC(C)=O)c3)C2c2ccc(F)c(F)c2)cc1. The second-order valence-corrected chi connectivity index (χ2v) is 7.68. The number of amides is 2. The summed E-state index contributed by atoms with van der Waals surface area (Å²) in [7, 11) is 1.54. The van der Waals surface area contributed by atoms with Crippen LogP contribution in [0.1, 0.15) is 24.1 Å². The fourth-order valence-corrected chi connectivity index (χ4v) is 3.81. The minimum absolute atomic E-state index is 0.207. The number of anilines is 1. The zero-order valence-electron chi connectivity index (χ0n) is 18.0. The fourth-order valence-electron chi connectivity index (χ4n) is 3.81. The first-order valence-corrected chi connectivity index (χ1v) is 10.3. The largest absolute Gasteiger partial charge is 0.497 e. The number of benzene rings is 3. The number of rotatable bonds is 7. The van der Waals surface area contributed by atoms with E-state index in [1.165, 1.54) is 17.9 Å². The van der Waals surface area contributed by atoms with E-state index in [0.717, 1.165) is 17.7 Å². The second-order valence-electron chi connectivity index (χ2n) is 7.68. The van der Waals surface area contributed by atoms with Gasteiger partial charge in [0.25, 0.3) is 5.91 Å². The summed E-state index contributed by atoms with van der Waals surface area (Å²) >= 11 is 0. The summed E-state index contributed by atoms with van der Waals surface area (Å²) < 4.78 is 38.6. The van der Waals surface area contributed by atoms with E-state index in [4.69, 9.17) is 9.47 Å². The number of ether oxygens (including phenoxy) is 2. The van der Waals surface area contributed by atoms with Crippen LogP contribution >= 0.6 is 0 Å². The van der Waals surface area contributed by atoms with Gasteiger partial charge in [-0.2, -0.15) is 0 Å². The second kappa shape index (κ2) is 9.28. The molecule has 1 N–H and O–H groups in total. The van der Waals surface area contributed by atoms with Crippen molar-refractivity contribution in [3.05, 3.63) is 89.5 Å². The molecule has 33 heavy (non-hydrogen) atoms. The van der Waals surface area contributed by atoms with Crippen LogP contribution in [0.4, 0.5) is 14.5 Å². The summed E-state index contributed by atoms with van der Waals surface area (Å²) in [5.41, 5.74) is 1.79. The van der Waals surface area contributed by atoms with Crippen LogP contribution in [0, 0.1) is 11.6 Å². The Morgan fingerprint density at radius 1 is 1.00 bits per heavy atom. The minimum atomic E-state index is -0.998. The number of nitrogens with one attached hydrogen (secondary N) is 1. The van der Waals surface area contributed by atoms with Crippen LogP contribution in [0.15, 0.2) is 66.7 Å². The van der Waals surface area contributed by atoms with Crippen LogP contribution in [0.3, 0.4) is 0 Å². The third-order valence-corrected chi connectivity index (χ3v) is 5.36. The van der Waals surface area contributed by atoms with Gasteiger partial charge in [0.2, 0.25) is 12.0 Å². The van der Waals surface area contributed by atoms with E-state index in [1.807, 2.05) is 6.07 Å². The van der Waals surface area contributed by atoms with Crippen molar-refractivity contribution in [1.29, 1.82) is 0 Å². The molecule has 2 atom stereocenters. The molecule has 0 bridgehead atoms. The maximum absolute atomic E-state index is 14.0. The first-order valence-electron chi connectivity index (χ1n) is 10.3. The molecule has 3 aromatic carbocycles. The highest BCUT2D eigenvalue weighted by Crippen LogP contribution is 2.39. The van der Waals surface area contributed by atoms with Gasteiger partial charge in [-0.25, -0.2) is 8.78 Å². The molecule has 8 heteroatoms. The predicted molar refractivity (Wildman–Crippen MR) is 118 cm³/mol. The van der Waals surface area contributed by atoms with E-state index in [9.17, 15) is 18.4 Å². The molecular formula is C25H22F2N2O4. The molecule has 0 aromatic heterocycles. The van der Waals surface area contributed by atoms with Gasteiger partial charge in [0.1, 0.15) is 17.5 Å². The average molecular weight is 452 g/mol. The molecule has 3 aromatic rings. The summed E-state index contributed by atoms with van der Waals surface area (Å²) in [6, 6.07) is 16.8. The molecule has 1 fully saturated rings. The monoisotopic (exact) mass is 452 g/mol. The summed E-state index contributed by atoms with van der Waals surface area (Å²) in [6.07, 6.45) is -0.901. The highest BCUT2D eigenvalue weighted by atomic mass is 19.2. The maximum atomic E-state index is 14.0. The predicted octanol–water partition coefficient (Wildman–Crippen LogP) is 4.46. The van der Waals surface area contributed by atoms with Crippen molar-refractivity contribution >= 4 is 17.5 Å². The number of hydrogen-bond acceptors (Lipinski definition) is 4. The molecule has 2 unspecified atom stereocenters. The average Bonchev–Trinajstić information content (AvgIpc) is 2.80. The molecule has 0 aliphatic carbocycles. The third kappa shape index (κ3) is 4.79. The van der Waals surface area contributed by atoms with Gasteiger partial charge >= 0.3 is 0 Å². The Morgan fingerprint density at radius 2 is 1.73 bits per heavy atom. The Morgan fingerprint density at radius 3 is 2.39 bits per heavy atom. The summed E-state index contributed by atoms with van der Waals surface area (Å²) in [5, 5.41) is 2.70. The lowest BCUT2D eigenvalue weighted by molar-refractivity contribution is -0.165. The molecule has 0 saturated carbocycles. The topological polar surface area (TPSA) is 67.9 Å². The van der Waals surface area contributed by atoms with Crippen molar-refractivity contribution in [2.24, 2.45) is 0 Å². The van der Waals surface area contributed by atoms with Crippen LogP contribution in [0.2, 0.25) is 0 Å². The Kier molecular flexibility index (Phi) is 6.26. The Hall–Kier alpha value is -3.94. The molecular weight excluding hydrogens is 430 g/mol. The van der Waals surface area contributed by atoms with E-state index in [1.54, 1.807) is 49.6 Å². The van der Waals surface area contributed by atoms with Gasteiger partial charge in [0.05, 0.1) is 7.11 Å². The van der Waals surface area contributed by atoms with Gasteiger partial charge in [-0.1, -0.05) is 18.2 Å². The number of hydrogen-bond donors (Lipinski definition) is 1. The molecule has 1 saturated heterocycles. The minimum Gasteiger partial charge on any atom is -0.497 e. The maximum Gasteiger partial charge on any atom is 0.267 e. The van der Waals surface area contributed by atoms with Gasteiger partial charge in [-0.3, -0.25) is 9.59 Å². The lowest BCUT2D eigenvalue weighted by Gasteiger charge is -2.47. The van der Waals surface area contributed by atoms with E-state index in [0.29, 0.717) is 22.7 Å². The highest BCUT2D eigenvalue weighted by molar-refractivity contribution is 5.90. The zero-order chi connectivity index (χ0) is 23.5. The Labute approximate surface area is 189 Å². The van der Waals surface area contributed by atoms with Crippen LogP contribution in [0.5, 0.6) is 11.5 Å². The van der Waals surface area contributed by atoms with Gasteiger partial charge < -0.3 is 19.7 Å². The van der Waals surface area contributed by atoms with Crippen molar-refractivity contribution in [1.82, 2.24) is 4.90 Å². The van der Waals surface area contributed by atoms with Crippen LogP contribution in [-0.2, 0) is 16.1 Å². The van der Waals surface area contributed by atoms with Gasteiger partial charge in [-0.05, 0) is 59.7 Å². The summed E-state index contributed by atoms with van der Waals surface area (Å²) in [6.45, 7) is 1.62. The quantitative estimate of drug-likeness (QED) is 0.538. The molecule has 6 nitrogen and oxygen atoms in total. The summed E-state index contributed by atoms with van der Waals surface area (Å²) in [4.78, 5) is 25.9. The van der Waals surface area contributed by atoms with E-state index < -0.39 is 23.8 Å². The lowest BCUT2D eigenvalue weighted by atomic mass is 9.89. The Bertz CT molecular complexity index is 1180. The molecule has 1 aliphatic heterocycles. The smallest absolute Gasteiger partial charge is 0.267 e. The van der Waals surface area contributed by atoms with Gasteiger partial charge in [0, 0.05) is 19.2 Å². The number of nitrogens with zero attached hydrogens (tertiary/aromatic N) is 1. The number of halogens is 2. The van der Waals surface area contributed by atoms with Crippen molar-refractivity contribution in [2.45, 2.75) is 25.6 Å². The number of likely N-dealkylation sites (tertiary alicyclic amines) is 1. The summed E-state index contributed by atoms with van der Waals surface area (Å²) in [5.74, 6) is -1.37. The fraction of sp³-hybridized carbons (Fsp3) is 0.200. The molecule has 0 radical (unpaired) electrons. The van der Waals surface area contributed by atoms with Crippen molar-refractivity contribution in [3.63, 3.8) is 0 Å². The first kappa shape index (κ1) is 22.3. The number of methoxy groups -OCH3 is 1. The van der Waals surface area contributed by atoms with Crippen LogP contribution < -0.4 is 14.8 Å². The lowest BCUT2D eigenvalue weighted by Crippen LogP contribution is -2.60. The first-order chi connectivity index (χ1) is 15.9. The van der Waals surface area contributed by atoms with Crippen molar-refractivity contribution < 1.29 is 27.8 Å². The third-order valence-electron chi connectivity index (χ3n) is 5.36. The van der Waals surface area contributed by atoms with Crippen molar-refractivity contribution in [3.8, 4) is 11.5 Å². The van der Waals surface area contributed by atoms with Crippen LogP contribution in [0.25, 0.3) is 0 Å². The molecule has 1 heterocycles. The molecule has 4 rings (SSSR count). The molecule has 1 aliphatic rings. The zero-order valence-corrected chi connectivity index (χ0v) is 18.0. The van der Waals surface area contributed by atoms with E-state index >= 15 is 0 Å².